The number of imidazole rings is 1. The highest BCUT2D eigenvalue weighted by atomic mass is 16.5. The second-order valence-electron chi connectivity index (χ2n) is 9.69. The van der Waals surface area contributed by atoms with Crippen LogP contribution >= 0.6 is 0 Å². The molecule has 5 heterocycles. The highest BCUT2D eigenvalue weighted by Crippen LogP contribution is 2.36. The lowest BCUT2D eigenvalue weighted by Crippen LogP contribution is -2.35. The number of aryl methyl sites for hydroxylation is 1. The highest BCUT2D eigenvalue weighted by molar-refractivity contribution is 6.11. The minimum Gasteiger partial charge on any atom is -0.491 e. The largest absolute Gasteiger partial charge is 0.491 e. The van der Waals surface area contributed by atoms with Crippen molar-refractivity contribution >= 4 is 33.7 Å². The first kappa shape index (κ1) is 21.8. The molecule has 1 amide bonds. The SMILES string of the molecule is Cn1ccc(CN2Cc3ccc(OC[C@H]4CCCN4c4ncnc5[nH]cnc45)c4cccc(c34)C2=O)n1. The Balaban J connectivity index is 1.15. The monoisotopic (exact) mass is 494 g/mol. The maximum absolute atomic E-state index is 13.4. The van der Waals surface area contributed by atoms with Gasteiger partial charge in [-0.15, -0.1) is 0 Å². The van der Waals surface area contributed by atoms with Gasteiger partial charge in [0.25, 0.3) is 5.91 Å². The molecule has 10 nitrogen and oxygen atoms in total. The normalized spacial score (nSPS) is 17.3. The molecule has 7 rings (SSSR count). The van der Waals surface area contributed by atoms with Crippen LogP contribution < -0.4 is 9.64 Å². The molecule has 186 valence electrons. The molecule has 0 aliphatic carbocycles. The van der Waals surface area contributed by atoms with Crippen molar-refractivity contribution in [1.82, 2.24) is 34.6 Å². The molecule has 5 aromatic rings. The lowest BCUT2D eigenvalue weighted by molar-refractivity contribution is 0.0722. The number of aromatic amines is 1. The zero-order valence-corrected chi connectivity index (χ0v) is 20.5. The summed E-state index contributed by atoms with van der Waals surface area (Å²) in [6.07, 6.45) is 7.20. The zero-order chi connectivity index (χ0) is 24.9. The van der Waals surface area contributed by atoms with Gasteiger partial charge in [0.2, 0.25) is 0 Å². The number of nitrogens with one attached hydrogen (secondary N) is 1. The van der Waals surface area contributed by atoms with Crippen LogP contribution in [-0.4, -0.2) is 59.7 Å². The highest BCUT2D eigenvalue weighted by Gasteiger charge is 2.30. The minimum atomic E-state index is 0.0228. The summed E-state index contributed by atoms with van der Waals surface area (Å²) in [5.74, 6) is 1.66. The van der Waals surface area contributed by atoms with Crippen LogP contribution in [0.4, 0.5) is 5.82 Å². The van der Waals surface area contributed by atoms with Crippen LogP contribution in [0.1, 0.15) is 34.5 Å². The summed E-state index contributed by atoms with van der Waals surface area (Å²) in [4.78, 5) is 33.8. The first-order valence-electron chi connectivity index (χ1n) is 12.5. The lowest BCUT2D eigenvalue weighted by atomic mass is 9.94. The maximum atomic E-state index is 13.4. The summed E-state index contributed by atoms with van der Waals surface area (Å²) >= 11 is 0. The fourth-order valence-corrected chi connectivity index (χ4v) is 5.64. The number of carbonyl (C=O) groups excluding carboxylic acids is 1. The molecular weight excluding hydrogens is 468 g/mol. The van der Waals surface area contributed by atoms with E-state index in [1.807, 2.05) is 48.5 Å². The summed E-state index contributed by atoms with van der Waals surface area (Å²) in [5.41, 5.74) is 4.23. The standard InChI is InChI=1S/C27H26N8O2/c1-33-11-9-18(32-33)13-34-12-17-7-8-22(20-5-2-6-21(23(17)20)27(34)36)37-14-19-4-3-10-35(19)26-24-25(29-15-28-24)30-16-31-26/h2,5-9,11,15-16,19H,3-4,10,12-14H2,1H3,(H,28,29,30,31)/t19-/m1/s1. The molecule has 37 heavy (non-hydrogen) atoms. The van der Waals surface area contributed by atoms with Gasteiger partial charge in [-0.3, -0.25) is 9.48 Å². The van der Waals surface area contributed by atoms with E-state index < -0.39 is 0 Å². The van der Waals surface area contributed by atoms with E-state index in [0.29, 0.717) is 25.3 Å². The van der Waals surface area contributed by atoms with Gasteiger partial charge in [-0.2, -0.15) is 5.10 Å². The third-order valence-corrected chi connectivity index (χ3v) is 7.37. The number of benzene rings is 2. The number of fused-ring (bicyclic) bond motifs is 1. The van der Waals surface area contributed by atoms with E-state index >= 15 is 0 Å². The fourth-order valence-electron chi connectivity index (χ4n) is 5.64. The van der Waals surface area contributed by atoms with Gasteiger partial charge in [0, 0.05) is 42.7 Å². The van der Waals surface area contributed by atoms with Gasteiger partial charge in [0.05, 0.1) is 24.6 Å². The predicted octanol–water partition coefficient (Wildman–Crippen LogP) is 3.44. The summed E-state index contributed by atoms with van der Waals surface area (Å²) in [7, 11) is 1.88. The number of ether oxygens (including phenoxy) is 1. The minimum absolute atomic E-state index is 0.0228. The Morgan fingerprint density at radius 3 is 2.97 bits per heavy atom. The average molecular weight is 495 g/mol. The molecule has 1 saturated heterocycles. The van der Waals surface area contributed by atoms with Crippen molar-refractivity contribution in [3.63, 3.8) is 0 Å². The number of aromatic nitrogens is 6. The van der Waals surface area contributed by atoms with Crippen LogP contribution in [0, 0.1) is 0 Å². The third-order valence-electron chi connectivity index (χ3n) is 7.37. The number of rotatable bonds is 6. The van der Waals surface area contributed by atoms with Crippen molar-refractivity contribution in [2.75, 3.05) is 18.1 Å². The van der Waals surface area contributed by atoms with Gasteiger partial charge in [-0.05, 0) is 36.6 Å². The van der Waals surface area contributed by atoms with Crippen molar-refractivity contribution < 1.29 is 9.53 Å². The Labute approximate surface area is 212 Å². The quantitative estimate of drug-likeness (QED) is 0.386. The van der Waals surface area contributed by atoms with Crippen LogP contribution in [0.15, 0.2) is 55.2 Å². The smallest absolute Gasteiger partial charge is 0.255 e. The number of anilines is 1. The fraction of sp³-hybridized carbons (Fsp3) is 0.296. The Morgan fingerprint density at radius 2 is 2.08 bits per heavy atom. The van der Waals surface area contributed by atoms with E-state index in [1.165, 1.54) is 0 Å². The van der Waals surface area contributed by atoms with E-state index in [4.69, 9.17) is 4.74 Å². The molecule has 0 spiro atoms. The van der Waals surface area contributed by atoms with Gasteiger partial charge >= 0.3 is 0 Å². The lowest BCUT2D eigenvalue weighted by Gasteiger charge is -2.29. The Kier molecular flexibility index (Phi) is 5.05. The van der Waals surface area contributed by atoms with Crippen molar-refractivity contribution in [3.05, 3.63) is 72.1 Å². The summed E-state index contributed by atoms with van der Waals surface area (Å²) in [5, 5.41) is 6.41. The van der Waals surface area contributed by atoms with Gasteiger partial charge in [0.15, 0.2) is 11.5 Å². The van der Waals surface area contributed by atoms with E-state index in [2.05, 4.69) is 36.0 Å². The number of H-pyrrole nitrogens is 1. The molecule has 0 bridgehead atoms. The number of carbonyl (C=O) groups is 1. The number of hydrogen-bond donors (Lipinski definition) is 1. The summed E-state index contributed by atoms with van der Waals surface area (Å²) < 4.78 is 8.20. The van der Waals surface area contributed by atoms with Crippen molar-refractivity contribution in [2.24, 2.45) is 7.05 Å². The topological polar surface area (TPSA) is 105 Å². The Bertz CT molecular complexity index is 1640. The molecule has 10 heteroatoms. The number of nitrogens with zero attached hydrogens (tertiary/aromatic N) is 7. The third kappa shape index (κ3) is 3.67. The van der Waals surface area contributed by atoms with Crippen LogP contribution in [-0.2, 0) is 20.1 Å². The van der Waals surface area contributed by atoms with Gasteiger partial charge in [-0.1, -0.05) is 18.2 Å². The molecule has 3 aromatic heterocycles. The summed E-state index contributed by atoms with van der Waals surface area (Å²) in [6.45, 7) is 2.45. The van der Waals surface area contributed by atoms with Gasteiger partial charge in [-0.25, -0.2) is 15.0 Å². The second kappa shape index (κ2) is 8.58. The molecule has 0 radical (unpaired) electrons. The number of amides is 1. The zero-order valence-electron chi connectivity index (χ0n) is 20.5. The van der Waals surface area contributed by atoms with E-state index in [1.54, 1.807) is 17.3 Å². The Morgan fingerprint density at radius 1 is 1.14 bits per heavy atom. The average Bonchev–Trinajstić information content (AvgIpc) is 3.67. The first-order valence-corrected chi connectivity index (χ1v) is 12.5. The van der Waals surface area contributed by atoms with E-state index in [0.717, 1.165) is 64.1 Å². The number of hydrogen-bond acceptors (Lipinski definition) is 7. The van der Waals surface area contributed by atoms with Crippen molar-refractivity contribution in [1.29, 1.82) is 0 Å². The first-order chi connectivity index (χ1) is 18.2. The van der Waals surface area contributed by atoms with Crippen LogP contribution in [0.5, 0.6) is 5.75 Å². The molecular formula is C27H26N8O2. The molecule has 2 aromatic carbocycles. The predicted molar refractivity (Wildman–Crippen MR) is 138 cm³/mol. The molecule has 2 aliphatic rings. The molecule has 0 unspecified atom stereocenters. The maximum Gasteiger partial charge on any atom is 0.255 e. The van der Waals surface area contributed by atoms with Crippen LogP contribution in [0.25, 0.3) is 21.9 Å². The summed E-state index contributed by atoms with van der Waals surface area (Å²) in [6, 6.07) is 12.1. The van der Waals surface area contributed by atoms with Crippen LogP contribution in [0.3, 0.4) is 0 Å². The van der Waals surface area contributed by atoms with Gasteiger partial charge in [0.1, 0.15) is 24.2 Å². The molecule has 1 N–H and O–H groups in total. The molecule has 1 atom stereocenters. The second-order valence-corrected chi connectivity index (χ2v) is 9.69. The van der Waals surface area contributed by atoms with Crippen molar-refractivity contribution in [3.8, 4) is 5.75 Å². The molecule has 1 fully saturated rings. The van der Waals surface area contributed by atoms with E-state index in [-0.39, 0.29) is 11.9 Å². The van der Waals surface area contributed by atoms with Crippen molar-refractivity contribution in [2.45, 2.75) is 32.0 Å². The Hall–Kier alpha value is -4.47. The van der Waals surface area contributed by atoms with Crippen LogP contribution in [0.2, 0.25) is 0 Å². The molecule has 0 saturated carbocycles. The van der Waals surface area contributed by atoms with E-state index in [9.17, 15) is 4.79 Å². The molecule has 2 aliphatic heterocycles. The van der Waals surface area contributed by atoms with Gasteiger partial charge < -0.3 is 19.5 Å².